The van der Waals surface area contributed by atoms with E-state index in [1.807, 2.05) is 6.92 Å². The van der Waals surface area contributed by atoms with Crippen molar-refractivity contribution in [2.24, 2.45) is 0 Å². The number of hydrogen-bond acceptors (Lipinski definition) is 7. The molecule has 18 heavy (non-hydrogen) atoms. The number of hydrogen-bond donors (Lipinski definition) is 1. The monoisotopic (exact) mass is 249 g/mol. The fraction of sp³-hybridized carbons (Fsp3) is 0.455. The predicted octanol–water partition coefficient (Wildman–Crippen LogP) is 1.30. The molecule has 96 valence electrons. The van der Waals surface area contributed by atoms with Gasteiger partial charge < -0.3 is 14.6 Å². The van der Waals surface area contributed by atoms with Crippen molar-refractivity contribution in [3.63, 3.8) is 0 Å². The van der Waals surface area contributed by atoms with Crippen LogP contribution in [0.4, 0.5) is 5.95 Å². The Morgan fingerprint density at radius 1 is 1.39 bits per heavy atom. The normalized spacial score (nSPS) is 10.3. The van der Waals surface area contributed by atoms with E-state index in [0.717, 1.165) is 6.42 Å². The highest BCUT2D eigenvalue weighted by molar-refractivity contribution is 5.27. The lowest BCUT2D eigenvalue weighted by molar-refractivity contribution is 0.305. The molecular formula is C11H15N5O2. The fourth-order valence-electron chi connectivity index (χ4n) is 1.30. The lowest BCUT2D eigenvalue weighted by atomic mass is 10.4. The number of ether oxygens (including phenoxy) is 1. The molecule has 0 amide bonds. The van der Waals surface area contributed by atoms with Crippen molar-refractivity contribution in [3.05, 3.63) is 24.5 Å². The van der Waals surface area contributed by atoms with E-state index in [4.69, 9.17) is 9.26 Å². The Morgan fingerprint density at radius 3 is 3.11 bits per heavy atom. The van der Waals surface area contributed by atoms with Gasteiger partial charge in [-0.15, -0.1) is 0 Å². The Bertz CT molecular complexity index is 460. The smallest absolute Gasteiger partial charge is 0.228 e. The van der Waals surface area contributed by atoms with E-state index in [0.29, 0.717) is 37.3 Å². The molecule has 0 aromatic carbocycles. The maximum absolute atomic E-state index is 5.42. The van der Waals surface area contributed by atoms with E-state index in [1.165, 1.54) is 6.33 Å². The number of nitrogens with one attached hydrogen (secondary N) is 1. The minimum atomic E-state index is 0.531. The van der Waals surface area contributed by atoms with E-state index >= 15 is 0 Å². The molecule has 7 nitrogen and oxygen atoms in total. The zero-order valence-corrected chi connectivity index (χ0v) is 10.2. The van der Waals surface area contributed by atoms with E-state index in [1.54, 1.807) is 12.3 Å². The van der Waals surface area contributed by atoms with Crippen molar-refractivity contribution >= 4 is 5.95 Å². The van der Waals surface area contributed by atoms with Gasteiger partial charge in [0.15, 0.2) is 6.33 Å². The van der Waals surface area contributed by atoms with Gasteiger partial charge in [0.05, 0.1) is 6.61 Å². The second kappa shape index (κ2) is 6.53. The molecule has 0 fully saturated rings. The summed E-state index contributed by atoms with van der Waals surface area (Å²) in [5.74, 6) is 1.69. The summed E-state index contributed by atoms with van der Waals surface area (Å²) in [6.07, 6.45) is 4.62. The van der Waals surface area contributed by atoms with Crippen molar-refractivity contribution in [2.45, 2.75) is 19.8 Å². The van der Waals surface area contributed by atoms with Crippen molar-refractivity contribution in [3.8, 4) is 5.88 Å². The third-order valence-electron chi connectivity index (χ3n) is 2.11. The lowest BCUT2D eigenvalue weighted by Crippen LogP contribution is -2.09. The van der Waals surface area contributed by atoms with Gasteiger partial charge in [0.25, 0.3) is 0 Å². The maximum Gasteiger partial charge on any atom is 0.228 e. The topological polar surface area (TPSA) is 86.0 Å². The molecule has 0 aliphatic heterocycles. The van der Waals surface area contributed by atoms with Crippen LogP contribution in [0.25, 0.3) is 0 Å². The molecule has 0 radical (unpaired) electrons. The number of aromatic nitrogens is 4. The molecule has 0 saturated heterocycles. The number of rotatable bonds is 7. The lowest BCUT2D eigenvalue weighted by Gasteiger charge is -2.06. The van der Waals surface area contributed by atoms with E-state index in [2.05, 4.69) is 25.4 Å². The summed E-state index contributed by atoms with van der Waals surface area (Å²) < 4.78 is 10.3. The Morgan fingerprint density at radius 2 is 2.33 bits per heavy atom. The Balaban J connectivity index is 1.81. The minimum absolute atomic E-state index is 0.531. The summed E-state index contributed by atoms with van der Waals surface area (Å²) in [5.41, 5.74) is 0. The van der Waals surface area contributed by atoms with Crippen molar-refractivity contribution in [1.82, 2.24) is 20.1 Å². The molecule has 2 aromatic heterocycles. The SMILES string of the molecule is CCCOc1ccnc(NCCc2ncno2)n1. The first kappa shape index (κ1) is 12.3. The summed E-state index contributed by atoms with van der Waals surface area (Å²) in [6.45, 7) is 3.32. The average molecular weight is 249 g/mol. The van der Waals surface area contributed by atoms with Crippen LogP contribution in [0, 0.1) is 0 Å². The second-order valence-corrected chi connectivity index (χ2v) is 3.58. The highest BCUT2D eigenvalue weighted by Gasteiger charge is 2.01. The van der Waals surface area contributed by atoms with Gasteiger partial charge in [0.1, 0.15) is 0 Å². The minimum Gasteiger partial charge on any atom is -0.478 e. The van der Waals surface area contributed by atoms with Gasteiger partial charge in [-0.3, -0.25) is 0 Å². The number of nitrogens with zero attached hydrogens (tertiary/aromatic N) is 4. The average Bonchev–Trinajstić information content (AvgIpc) is 2.90. The largest absolute Gasteiger partial charge is 0.478 e. The van der Waals surface area contributed by atoms with Gasteiger partial charge in [-0.2, -0.15) is 9.97 Å². The fourth-order valence-corrected chi connectivity index (χ4v) is 1.30. The molecule has 2 aromatic rings. The molecule has 0 spiro atoms. The highest BCUT2D eigenvalue weighted by Crippen LogP contribution is 2.08. The molecule has 0 aliphatic rings. The Kier molecular flexibility index (Phi) is 4.46. The molecule has 0 saturated carbocycles. The van der Waals surface area contributed by atoms with Gasteiger partial charge in [0, 0.05) is 25.2 Å². The molecule has 0 aliphatic carbocycles. The van der Waals surface area contributed by atoms with Gasteiger partial charge in [0.2, 0.25) is 17.7 Å². The van der Waals surface area contributed by atoms with Crippen LogP contribution in [0.3, 0.4) is 0 Å². The summed E-state index contributed by atoms with van der Waals surface area (Å²) in [5, 5.41) is 6.60. The molecular weight excluding hydrogens is 234 g/mol. The van der Waals surface area contributed by atoms with Crippen LogP contribution in [0.1, 0.15) is 19.2 Å². The van der Waals surface area contributed by atoms with E-state index < -0.39 is 0 Å². The highest BCUT2D eigenvalue weighted by atomic mass is 16.5. The number of anilines is 1. The quantitative estimate of drug-likeness (QED) is 0.791. The zero-order valence-electron chi connectivity index (χ0n) is 10.2. The van der Waals surface area contributed by atoms with Gasteiger partial charge in [-0.1, -0.05) is 12.1 Å². The van der Waals surface area contributed by atoms with Gasteiger partial charge in [-0.25, -0.2) is 4.98 Å². The van der Waals surface area contributed by atoms with E-state index in [-0.39, 0.29) is 0 Å². The first-order chi connectivity index (χ1) is 8.88. The maximum atomic E-state index is 5.42. The van der Waals surface area contributed by atoms with Crippen LogP contribution in [-0.4, -0.2) is 33.3 Å². The zero-order chi connectivity index (χ0) is 12.6. The molecule has 0 bridgehead atoms. The predicted molar refractivity (Wildman–Crippen MR) is 64.3 cm³/mol. The summed E-state index contributed by atoms with van der Waals surface area (Å²) in [4.78, 5) is 12.2. The van der Waals surface area contributed by atoms with Crippen molar-refractivity contribution in [1.29, 1.82) is 0 Å². The molecule has 1 N–H and O–H groups in total. The van der Waals surface area contributed by atoms with Crippen molar-refractivity contribution in [2.75, 3.05) is 18.5 Å². The van der Waals surface area contributed by atoms with Crippen LogP contribution in [0.2, 0.25) is 0 Å². The summed E-state index contributed by atoms with van der Waals surface area (Å²) in [7, 11) is 0. The Labute approximate surface area is 105 Å². The van der Waals surface area contributed by atoms with Gasteiger partial charge >= 0.3 is 0 Å². The second-order valence-electron chi connectivity index (χ2n) is 3.58. The third-order valence-corrected chi connectivity index (χ3v) is 2.11. The molecule has 2 rings (SSSR count). The molecule has 7 heteroatoms. The molecule has 2 heterocycles. The van der Waals surface area contributed by atoms with Crippen molar-refractivity contribution < 1.29 is 9.26 Å². The Hall–Kier alpha value is -2.18. The van der Waals surface area contributed by atoms with Crippen LogP contribution < -0.4 is 10.1 Å². The molecule has 0 atom stereocenters. The summed E-state index contributed by atoms with van der Waals surface area (Å²) >= 11 is 0. The van der Waals surface area contributed by atoms with Gasteiger partial charge in [-0.05, 0) is 6.42 Å². The van der Waals surface area contributed by atoms with E-state index in [9.17, 15) is 0 Å². The third kappa shape index (κ3) is 3.69. The van der Waals surface area contributed by atoms with Crippen LogP contribution in [0.15, 0.2) is 23.1 Å². The first-order valence-corrected chi connectivity index (χ1v) is 5.83. The first-order valence-electron chi connectivity index (χ1n) is 5.83. The molecule has 0 unspecified atom stereocenters. The van der Waals surface area contributed by atoms with Crippen LogP contribution in [0.5, 0.6) is 5.88 Å². The van der Waals surface area contributed by atoms with Crippen LogP contribution >= 0.6 is 0 Å². The van der Waals surface area contributed by atoms with Crippen LogP contribution in [-0.2, 0) is 6.42 Å². The standard InChI is InChI=1S/C11H15N5O2/c1-2-7-17-10-4-6-13-11(16-10)12-5-3-9-14-8-15-18-9/h4,6,8H,2-3,5,7H2,1H3,(H,12,13,16). The summed E-state index contributed by atoms with van der Waals surface area (Å²) in [6, 6.07) is 1.73.